The third-order valence-electron chi connectivity index (χ3n) is 4.86. The Morgan fingerprint density at radius 2 is 2.22 bits per heavy atom. The van der Waals surface area contributed by atoms with Crippen LogP contribution in [-0.2, 0) is 14.3 Å². The van der Waals surface area contributed by atoms with E-state index in [2.05, 4.69) is 15.2 Å². The maximum absolute atomic E-state index is 12.5. The first kappa shape index (κ1) is 16.9. The third kappa shape index (κ3) is 4.12. The maximum Gasteiger partial charge on any atom is 0.327 e. The van der Waals surface area contributed by atoms with Crippen LogP contribution in [0.2, 0.25) is 0 Å². The summed E-state index contributed by atoms with van der Waals surface area (Å²) in [5, 5.41) is 4.11. The standard InChI is InChI=1S/C17H26N2O3S/c1-21-17(20)16(14-5-11-23-13-14)19-6-3-2-4-15(19)12-18-7-9-22-10-8-18/h5,11,13,15-16H,2-4,6-10,12H2,1H3/t15-,16-/m1/s1. The summed E-state index contributed by atoms with van der Waals surface area (Å²) in [6.45, 7) is 5.60. The van der Waals surface area contributed by atoms with Gasteiger partial charge in [0.05, 0.1) is 20.3 Å². The SMILES string of the molecule is COC(=O)[C@@H](c1ccsc1)N1CCCC[C@@H]1CN1CCOCC1. The van der Waals surface area contributed by atoms with Gasteiger partial charge >= 0.3 is 5.97 Å². The molecule has 2 saturated heterocycles. The average Bonchev–Trinajstić information content (AvgIpc) is 3.11. The summed E-state index contributed by atoms with van der Waals surface area (Å²) < 4.78 is 10.6. The molecule has 0 bridgehead atoms. The van der Waals surface area contributed by atoms with E-state index in [0.29, 0.717) is 6.04 Å². The molecule has 2 aliphatic rings. The Morgan fingerprint density at radius 1 is 1.39 bits per heavy atom. The summed E-state index contributed by atoms with van der Waals surface area (Å²) >= 11 is 1.64. The van der Waals surface area contributed by atoms with Crippen molar-refractivity contribution >= 4 is 17.3 Å². The highest BCUT2D eigenvalue weighted by atomic mass is 32.1. The van der Waals surface area contributed by atoms with Gasteiger partial charge in [-0.2, -0.15) is 11.3 Å². The largest absolute Gasteiger partial charge is 0.468 e. The molecule has 128 valence electrons. The molecular formula is C17H26N2O3S. The van der Waals surface area contributed by atoms with Crippen LogP contribution in [-0.4, -0.2) is 68.3 Å². The molecular weight excluding hydrogens is 312 g/mol. The topological polar surface area (TPSA) is 42.0 Å². The zero-order chi connectivity index (χ0) is 16.1. The Hall–Kier alpha value is -0.950. The van der Waals surface area contributed by atoms with Crippen LogP contribution in [0.3, 0.4) is 0 Å². The molecule has 6 heteroatoms. The Kier molecular flexibility index (Phi) is 6.05. The number of piperidine rings is 1. The molecule has 23 heavy (non-hydrogen) atoms. The van der Waals surface area contributed by atoms with Crippen molar-refractivity contribution in [2.24, 2.45) is 0 Å². The van der Waals surface area contributed by atoms with Gasteiger partial charge in [0, 0.05) is 25.7 Å². The monoisotopic (exact) mass is 338 g/mol. The van der Waals surface area contributed by atoms with Crippen molar-refractivity contribution in [1.29, 1.82) is 0 Å². The van der Waals surface area contributed by atoms with E-state index >= 15 is 0 Å². The molecule has 0 aromatic carbocycles. The number of ether oxygens (including phenoxy) is 2. The van der Waals surface area contributed by atoms with Crippen molar-refractivity contribution in [3.05, 3.63) is 22.4 Å². The molecule has 0 spiro atoms. The zero-order valence-electron chi connectivity index (χ0n) is 13.8. The highest BCUT2D eigenvalue weighted by Crippen LogP contribution is 2.31. The van der Waals surface area contributed by atoms with E-state index in [9.17, 15) is 4.79 Å². The minimum absolute atomic E-state index is 0.141. The van der Waals surface area contributed by atoms with Crippen LogP contribution in [0.5, 0.6) is 0 Å². The van der Waals surface area contributed by atoms with Crippen molar-refractivity contribution < 1.29 is 14.3 Å². The van der Waals surface area contributed by atoms with Gasteiger partial charge in [-0.3, -0.25) is 9.80 Å². The summed E-state index contributed by atoms with van der Waals surface area (Å²) in [5.41, 5.74) is 1.07. The van der Waals surface area contributed by atoms with E-state index < -0.39 is 0 Å². The quantitative estimate of drug-likeness (QED) is 0.770. The molecule has 5 nitrogen and oxygen atoms in total. The van der Waals surface area contributed by atoms with Gasteiger partial charge in [-0.1, -0.05) is 6.42 Å². The van der Waals surface area contributed by atoms with Crippen LogP contribution in [0.1, 0.15) is 30.9 Å². The van der Waals surface area contributed by atoms with Crippen molar-refractivity contribution in [2.45, 2.75) is 31.3 Å². The Bertz CT molecular complexity index is 488. The highest BCUT2D eigenvalue weighted by Gasteiger charge is 2.36. The number of morpholine rings is 1. The van der Waals surface area contributed by atoms with Gasteiger partial charge in [-0.25, -0.2) is 4.79 Å². The van der Waals surface area contributed by atoms with E-state index in [1.54, 1.807) is 11.3 Å². The highest BCUT2D eigenvalue weighted by molar-refractivity contribution is 7.08. The Labute approximate surface area is 142 Å². The van der Waals surface area contributed by atoms with Gasteiger partial charge in [0.25, 0.3) is 0 Å². The minimum atomic E-state index is -0.266. The number of carbonyl (C=O) groups excluding carboxylic acids is 1. The molecule has 2 fully saturated rings. The minimum Gasteiger partial charge on any atom is -0.468 e. The summed E-state index contributed by atoms with van der Waals surface area (Å²) in [7, 11) is 1.49. The first-order chi connectivity index (χ1) is 11.3. The first-order valence-electron chi connectivity index (χ1n) is 8.45. The Morgan fingerprint density at radius 3 is 2.91 bits per heavy atom. The predicted molar refractivity (Wildman–Crippen MR) is 90.7 cm³/mol. The number of esters is 1. The second kappa shape index (κ2) is 8.24. The van der Waals surface area contributed by atoms with Gasteiger partial charge in [0.1, 0.15) is 6.04 Å². The fraction of sp³-hybridized carbons (Fsp3) is 0.706. The number of rotatable bonds is 5. The van der Waals surface area contributed by atoms with E-state index in [4.69, 9.17) is 9.47 Å². The lowest BCUT2D eigenvalue weighted by molar-refractivity contribution is -0.149. The molecule has 0 radical (unpaired) electrons. The van der Waals surface area contributed by atoms with Crippen LogP contribution in [0.4, 0.5) is 0 Å². The summed E-state index contributed by atoms with van der Waals surface area (Å²) in [5.74, 6) is -0.141. The molecule has 3 rings (SSSR count). The molecule has 0 unspecified atom stereocenters. The first-order valence-corrected chi connectivity index (χ1v) is 9.39. The lowest BCUT2D eigenvalue weighted by Crippen LogP contribution is -2.51. The van der Waals surface area contributed by atoms with Crippen molar-refractivity contribution in [3.63, 3.8) is 0 Å². The molecule has 0 saturated carbocycles. The second-order valence-electron chi connectivity index (χ2n) is 6.28. The second-order valence-corrected chi connectivity index (χ2v) is 7.06. The van der Waals surface area contributed by atoms with Crippen LogP contribution in [0.25, 0.3) is 0 Å². The predicted octanol–water partition coefficient (Wildman–Crippen LogP) is 2.15. The van der Waals surface area contributed by atoms with E-state index in [1.165, 1.54) is 13.5 Å². The number of hydrogen-bond donors (Lipinski definition) is 0. The smallest absolute Gasteiger partial charge is 0.327 e. The molecule has 0 aliphatic carbocycles. The van der Waals surface area contributed by atoms with Gasteiger partial charge in [-0.05, 0) is 41.8 Å². The number of carbonyl (C=O) groups is 1. The lowest BCUT2D eigenvalue weighted by Gasteiger charge is -2.42. The summed E-state index contributed by atoms with van der Waals surface area (Å²) in [6, 6.07) is 2.19. The average molecular weight is 338 g/mol. The number of nitrogens with zero attached hydrogens (tertiary/aromatic N) is 2. The van der Waals surface area contributed by atoms with Crippen molar-refractivity contribution in [3.8, 4) is 0 Å². The molecule has 2 aliphatic heterocycles. The lowest BCUT2D eigenvalue weighted by atomic mass is 9.96. The summed E-state index contributed by atoms with van der Waals surface area (Å²) in [6.07, 6.45) is 3.54. The molecule has 0 amide bonds. The van der Waals surface area contributed by atoms with Gasteiger partial charge in [-0.15, -0.1) is 0 Å². The number of hydrogen-bond acceptors (Lipinski definition) is 6. The van der Waals surface area contributed by atoms with Crippen LogP contribution in [0.15, 0.2) is 16.8 Å². The van der Waals surface area contributed by atoms with E-state index in [0.717, 1.165) is 57.8 Å². The fourth-order valence-corrected chi connectivity index (χ4v) is 4.32. The van der Waals surface area contributed by atoms with Crippen LogP contribution >= 0.6 is 11.3 Å². The van der Waals surface area contributed by atoms with Crippen molar-refractivity contribution in [2.75, 3.05) is 46.5 Å². The number of methoxy groups -OCH3 is 1. The van der Waals surface area contributed by atoms with E-state index in [1.807, 2.05) is 11.4 Å². The number of thiophene rings is 1. The molecule has 0 N–H and O–H groups in total. The third-order valence-corrected chi connectivity index (χ3v) is 5.56. The van der Waals surface area contributed by atoms with Crippen LogP contribution in [0, 0.1) is 0 Å². The van der Waals surface area contributed by atoms with Crippen LogP contribution < -0.4 is 0 Å². The molecule has 3 heterocycles. The van der Waals surface area contributed by atoms with Gasteiger partial charge in [0.2, 0.25) is 0 Å². The van der Waals surface area contributed by atoms with Gasteiger partial charge < -0.3 is 9.47 Å². The fourth-order valence-electron chi connectivity index (χ4n) is 3.65. The molecule has 1 aromatic heterocycles. The molecule has 1 aromatic rings. The van der Waals surface area contributed by atoms with E-state index in [-0.39, 0.29) is 12.0 Å². The number of likely N-dealkylation sites (tertiary alicyclic amines) is 1. The summed E-state index contributed by atoms with van der Waals surface area (Å²) in [4.78, 5) is 17.3. The zero-order valence-corrected chi connectivity index (χ0v) is 14.6. The van der Waals surface area contributed by atoms with Crippen molar-refractivity contribution in [1.82, 2.24) is 9.80 Å². The van der Waals surface area contributed by atoms with Gasteiger partial charge in [0.15, 0.2) is 0 Å². The molecule has 2 atom stereocenters. The maximum atomic E-state index is 12.5. The Balaban J connectivity index is 1.76. The normalized spacial score (nSPS) is 25.2.